The number of fused-ring (bicyclic) bond motifs is 1. The molecule has 0 N–H and O–H groups in total. The van der Waals surface area contributed by atoms with Crippen LogP contribution in [0.2, 0.25) is 0 Å². The second-order valence-electron chi connectivity index (χ2n) is 6.54. The largest absolute Gasteiger partial charge is 0.374 e. The van der Waals surface area contributed by atoms with Gasteiger partial charge in [0.25, 0.3) is 0 Å². The molecule has 1 unspecified atom stereocenters. The maximum atomic E-state index is 12.2. The zero-order valence-electron chi connectivity index (χ0n) is 13.1. The summed E-state index contributed by atoms with van der Waals surface area (Å²) in [5.41, 5.74) is 1.20. The van der Waals surface area contributed by atoms with Crippen molar-refractivity contribution in [2.45, 2.75) is 38.9 Å². The van der Waals surface area contributed by atoms with E-state index in [1.54, 1.807) is 4.31 Å². The molecule has 2 aliphatic rings. The van der Waals surface area contributed by atoms with Gasteiger partial charge in [0.2, 0.25) is 10.0 Å². The molecule has 1 aliphatic heterocycles. The van der Waals surface area contributed by atoms with Crippen molar-refractivity contribution in [3.8, 4) is 0 Å². The van der Waals surface area contributed by atoms with Crippen molar-refractivity contribution < 1.29 is 13.2 Å². The molecule has 0 spiro atoms. The molecule has 3 rings (SSSR count). The molecule has 1 aromatic carbocycles. The molecule has 0 radical (unpaired) electrons. The highest BCUT2D eigenvalue weighted by Gasteiger charge is 2.44. The lowest BCUT2D eigenvalue weighted by molar-refractivity contribution is 0.0392. The van der Waals surface area contributed by atoms with Crippen molar-refractivity contribution in [2.24, 2.45) is 11.8 Å². The van der Waals surface area contributed by atoms with Gasteiger partial charge >= 0.3 is 0 Å². The molecule has 22 heavy (non-hydrogen) atoms. The van der Waals surface area contributed by atoms with Crippen LogP contribution in [0.25, 0.3) is 0 Å². The second-order valence-corrected chi connectivity index (χ2v) is 8.63. The average Bonchev–Trinajstić information content (AvgIpc) is 3.05. The van der Waals surface area contributed by atoms with Crippen LogP contribution in [0, 0.1) is 11.8 Å². The molecule has 1 saturated carbocycles. The van der Waals surface area contributed by atoms with E-state index in [0.29, 0.717) is 38.0 Å². The molecule has 3 atom stereocenters. The molecule has 4 nitrogen and oxygen atoms in total. The molecule has 0 aromatic heterocycles. The maximum absolute atomic E-state index is 12.2. The summed E-state index contributed by atoms with van der Waals surface area (Å²) in [6, 6.07) is 10.2. The summed E-state index contributed by atoms with van der Waals surface area (Å²) in [7, 11) is -3.03. The van der Waals surface area contributed by atoms with E-state index < -0.39 is 10.0 Å². The number of sulfonamides is 1. The van der Waals surface area contributed by atoms with Crippen molar-refractivity contribution in [3.05, 3.63) is 35.9 Å². The SMILES string of the molecule is CCCS(=O)(=O)N1C[C@H]2CC(OCc3ccccc3)C[C@H]2C1. The summed E-state index contributed by atoms with van der Waals surface area (Å²) in [5.74, 6) is 1.24. The molecular formula is C17H25NO3S. The quantitative estimate of drug-likeness (QED) is 0.808. The Morgan fingerprint density at radius 3 is 2.36 bits per heavy atom. The normalized spacial score (nSPS) is 28.9. The first-order chi connectivity index (χ1) is 10.6. The maximum Gasteiger partial charge on any atom is 0.214 e. The Balaban J connectivity index is 1.49. The molecule has 5 heteroatoms. The average molecular weight is 323 g/mol. The number of ether oxygens (including phenoxy) is 1. The highest BCUT2D eigenvalue weighted by molar-refractivity contribution is 7.89. The number of hydrogen-bond acceptors (Lipinski definition) is 3. The van der Waals surface area contributed by atoms with Gasteiger partial charge in [0.1, 0.15) is 0 Å². The second kappa shape index (κ2) is 6.69. The van der Waals surface area contributed by atoms with E-state index in [4.69, 9.17) is 4.74 Å². The molecule has 1 aliphatic carbocycles. The Labute approximate surface area is 133 Å². The third-order valence-electron chi connectivity index (χ3n) is 4.86. The van der Waals surface area contributed by atoms with Gasteiger partial charge in [0.15, 0.2) is 0 Å². The smallest absolute Gasteiger partial charge is 0.214 e. The first-order valence-electron chi connectivity index (χ1n) is 8.22. The van der Waals surface area contributed by atoms with Crippen LogP contribution in [0.4, 0.5) is 0 Å². The van der Waals surface area contributed by atoms with E-state index in [1.807, 2.05) is 25.1 Å². The van der Waals surface area contributed by atoms with Gasteiger partial charge in [0.05, 0.1) is 18.5 Å². The van der Waals surface area contributed by atoms with Crippen LogP contribution in [0.3, 0.4) is 0 Å². The molecule has 1 heterocycles. The highest BCUT2D eigenvalue weighted by Crippen LogP contribution is 2.40. The number of rotatable bonds is 6. The van der Waals surface area contributed by atoms with Crippen molar-refractivity contribution in [2.75, 3.05) is 18.8 Å². The Bertz CT molecular complexity index is 573. The standard InChI is InChI=1S/C17H25NO3S/c1-2-8-22(19,20)18-11-15-9-17(10-16(15)12-18)21-13-14-6-4-3-5-7-14/h3-7,15-17H,2,8-13H2,1H3/t15-,16+,17?. The number of hydrogen-bond donors (Lipinski definition) is 0. The zero-order valence-corrected chi connectivity index (χ0v) is 14.0. The molecule has 1 aromatic rings. The number of nitrogens with zero attached hydrogens (tertiary/aromatic N) is 1. The van der Waals surface area contributed by atoms with E-state index in [0.717, 1.165) is 12.8 Å². The van der Waals surface area contributed by atoms with Gasteiger partial charge in [-0.15, -0.1) is 0 Å². The minimum Gasteiger partial charge on any atom is -0.374 e. The first kappa shape index (κ1) is 16.0. The van der Waals surface area contributed by atoms with Crippen molar-refractivity contribution in [1.82, 2.24) is 4.31 Å². The van der Waals surface area contributed by atoms with E-state index in [-0.39, 0.29) is 11.9 Å². The van der Waals surface area contributed by atoms with Crippen LogP contribution in [0.1, 0.15) is 31.7 Å². The lowest BCUT2D eigenvalue weighted by atomic mass is 10.0. The summed E-state index contributed by atoms with van der Waals surface area (Å²) in [6.07, 6.45) is 2.97. The van der Waals surface area contributed by atoms with Crippen LogP contribution < -0.4 is 0 Å². The lowest BCUT2D eigenvalue weighted by Crippen LogP contribution is -2.32. The molecule has 2 fully saturated rings. The van der Waals surface area contributed by atoms with E-state index >= 15 is 0 Å². The Morgan fingerprint density at radius 1 is 1.14 bits per heavy atom. The number of benzene rings is 1. The van der Waals surface area contributed by atoms with Crippen molar-refractivity contribution in [3.63, 3.8) is 0 Å². The molecule has 1 saturated heterocycles. The predicted molar refractivity (Wildman–Crippen MR) is 86.9 cm³/mol. The van der Waals surface area contributed by atoms with Crippen molar-refractivity contribution in [1.29, 1.82) is 0 Å². The topological polar surface area (TPSA) is 46.6 Å². The van der Waals surface area contributed by atoms with Crippen LogP contribution in [-0.4, -0.2) is 37.7 Å². The summed E-state index contributed by atoms with van der Waals surface area (Å²) in [5, 5.41) is 0. The minimum absolute atomic E-state index is 0.278. The summed E-state index contributed by atoms with van der Waals surface area (Å²) in [6.45, 7) is 3.96. The molecule has 122 valence electrons. The minimum atomic E-state index is -3.03. The molecule has 0 bridgehead atoms. The zero-order chi connectivity index (χ0) is 15.6. The third-order valence-corrected chi connectivity index (χ3v) is 6.87. The van der Waals surface area contributed by atoms with Gasteiger partial charge in [-0.1, -0.05) is 37.3 Å². The van der Waals surface area contributed by atoms with E-state index in [9.17, 15) is 8.42 Å². The van der Waals surface area contributed by atoms with Crippen LogP contribution in [0.15, 0.2) is 30.3 Å². The fourth-order valence-corrected chi connectivity index (χ4v) is 5.35. The van der Waals surface area contributed by atoms with Gasteiger partial charge < -0.3 is 4.74 Å². The van der Waals surface area contributed by atoms with Crippen molar-refractivity contribution >= 4 is 10.0 Å². The van der Waals surface area contributed by atoms with E-state index in [2.05, 4.69) is 12.1 Å². The monoisotopic (exact) mass is 323 g/mol. The molecular weight excluding hydrogens is 298 g/mol. The Morgan fingerprint density at radius 2 is 1.77 bits per heavy atom. The fourth-order valence-electron chi connectivity index (χ4n) is 3.74. The lowest BCUT2D eigenvalue weighted by Gasteiger charge is -2.19. The van der Waals surface area contributed by atoms with Gasteiger partial charge in [0, 0.05) is 13.1 Å². The Hall–Kier alpha value is -0.910. The van der Waals surface area contributed by atoms with Crippen LogP contribution in [-0.2, 0) is 21.4 Å². The summed E-state index contributed by atoms with van der Waals surface area (Å²) < 4.78 is 32.0. The van der Waals surface area contributed by atoms with Crippen LogP contribution in [0.5, 0.6) is 0 Å². The summed E-state index contributed by atoms with van der Waals surface area (Å²) >= 11 is 0. The molecule has 0 amide bonds. The van der Waals surface area contributed by atoms with Gasteiger partial charge in [-0.2, -0.15) is 0 Å². The summed E-state index contributed by atoms with van der Waals surface area (Å²) in [4.78, 5) is 0. The fraction of sp³-hybridized carbons (Fsp3) is 0.647. The predicted octanol–water partition coefficient (Wildman–Crippen LogP) is 2.65. The van der Waals surface area contributed by atoms with E-state index in [1.165, 1.54) is 5.56 Å². The highest BCUT2D eigenvalue weighted by atomic mass is 32.2. The van der Waals surface area contributed by atoms with Gasteiger partial charge in [-0.05, 0) is 36.7 Å². The first-order valence-corrected chi connectivity index (χ1v) is 9.82. The van der Waals surface area contributed by atoms with Gasteiger partial charge in [-0.3, -0.25) is 0 Å². The Kier molecular flexibility index (Phi) is 4.85. The third kappa shape index (κ3) is 3.53. The van der Waals surface area contributed by atoms with Gasteiger partial charge in [-0.25, -0.2) is 12.7 Å². The van der Waals surface area contributed by atoms with Crippen LogP contribution >= 0.6 is 0 Å².